The molecule has 0 aromatic rings. The van der Waals surface area contributed by atoms with Gasteiger partial charge in [-0.2, -0.15) is 0 Å². The Hall–Kier alpha value is -0.120. The first kappa shape index (κ1) is 13.9. The van der Waals surface area contributed by atoms with E-state index in [2.05, 4.69) is 20.8 Å². The van der Waals surface area contributed by atoms with E-state index in [1.165, 1.54) is 12.8 Å². The molecule has 3 N–H and O–H groups in total. The van der Waals surface area contributed by atoms with Gasteiger partial charge in [0.1, 0.15) is 13.2 Å². The molecule has 0 aromatic heterocycles. The van der Waals surface area contributed by atoms with Gasteiger partial charge in [-0.25, -0.2) is 0 Å². The average molecular weight is 231 g/mol. The maximum atomic E-state index is 8.82. The van der Waals surface area contributed by atoms with Gasteiger partial charge >= 0.3 is 0 Å². The molecule has 1 fully saturated rings. The van der Waals surface area contributed by atoms with Gasteiger partial charge in [0.2, 0.25) is 6.10 Å². The molecule has 3 nitrogen and oxygen atoms in total. The molecule has 0 aliphatic heterocycles. The third kappa shape index (κ3) is 4.04. The molecule has 96 valence electrons. The maximum absolute atomic E-state index is 8.82. The lowest BCUT2D eigenvalue weighted by Crippen LogP contribution is -2.36. The van der Waals surface area contributed by atoms with E-state index in [4.69, 9.17) is 14.9 Å². The summed E-state index contributed by atoms with van der Waals surface area (Å²) < 4.78 is 5.83. The molecule has 0 radical (unpaired) electrons. The fourth-order valence-corrected chi connectivity index (χ4v) is 2.60. The minimum absolute atomic E-state index is 0.103. The Morgan fingerprint density at radius 2 is 2.06 bits per heavy atom. The quantitative estimate of drug-likeness (QED) is 0.730. The molecule has 1 aliphatic carbocycles. The Labute approximate surface area is 98.8 Å². The molecule has 16 heavy (non-hydrogen) atoms. The fraction of sp³-hybridized carbons (Fsp3) is 1.00. The van der Waals surface area contributed by atoms with Crippen LogP contribution in [0.15, 0.2) is 0 Å². The van der Waals surface area contributed by atoms with E-state index in [-0.39, 0.29) is 6.61 Å². The molecular weight excluding hydrogens is 204 g/mol. The summed E-state index contributed by atoms with van der Waals surface area (Å²) in [7, 11) is 0. The summed E-state index contributed by atoms with van der Waals surface area (Å²) >= 11 is 0. The lowest BCUT2D eigenvalue weighted by atomic mass is 9.75. The van der Waals surface area contributed by atoms with Crippen LogP contribution in [-0.2, 0) is 4.74 Å². The first-order valence-corrected chi connectivity index (χ1v) is 6.48. The van der Waals surface area contributed by atoms with Crippen LogP contribution in [0.1, 0.15) is 40.0 Å². The van der Waals surface area contributed by atoms with E-state index >= 15 is 0 Å². The monoisotopic (exact) mass is 231 g/mol. The smallest absolute Gasteiger partial charge is 0.200 e. The molecule has 0 heterocycles. The van der Waals surface area contributed by atoms with Crippen molar-refractivity contribution in [1.29, 1.82) is 0 Å². The molecule has 0 aromatic carbocycles. The third-order valence-corrected chi connectivity index (χ3v) is 3.69. The van der Waals surface area contributed by atoms with Gasteiger partial charge in [0.05, 0.1) is 6.10 Å². The van der Waals surface area contributed by atoms with Crippen molar-refractivity contribution in [2.75, 3.05) is 13.2 Å². The van der Waals surface area contributed by atoms with Gasteiger partial charge in [-0.3, -0.25) is 0 Å². The van der Waals surface area contributed by atoms with E-state index in [1.807, 2.05) is 0 Å². The third-order valence-electron chi connectivity index (χ3n) is 3.69. The Bertz CT molecular complexity index is 194. The minimum Gasteiger partial charge on any atom is -0.440 e. The molecular formula is C13H27O3+. The zero-order valence-corrected chi connectivity index (χ0v) is 10.8. The molecule has 1 saturated carbocycles. The van der Waals surface area contributed by atoms with Crippen molar-refractivity contribution in [3.8, 4) is 0 Å². The molecule has 4 atom stereocenters. The first-order chi connectivity index (χ1) is 7.54. The normalized spacial score (nSPS) is 33.0. The Morgan fingerprint density at radius 1 is 1.38 bits per heavy atom. The lowest BCUT2D eigenvalue weighted by molar-refractivity contribution is -0.0776. The predicted molar refractivity (Wildman–Crippen MR) is 65.6 cm³/mol. The van der Waals surface area contributed by atoms with E-state index in [9.17, 15) is 0 Å². The van der Waals surface area contributed by atoms with Crippen molar-refractivity contribution >= 4 is 0 Å². The van der Waals surface area contributed by atoms with Crippen LogP contribution in [0.3, 0.4) is 0 Å². The summed E-state index contributed by atoms with van der Waals surface area (Å²) in [4.78, 5) is 0. The number of aliphatic hydroxyl groups excluding tert-OH is 1. The number of ether oxygens (including phenoxy) is 1. The second kappa shape index (κ2) is 6.58. The van der Waals surface area contributed by atoms with Gasteiger partial charge in [-0.1, -0.05) is 27.2 Å². The SMILES string of the molecule is CC1CCC(C(C)C)C(OCC([OH2+])CO)C1. The second-order valence-electron chi connectivity index (χ2n) is 5.58. The van der Waals surface area contributed by atoms with Crippen LogP contribution >= 0.6 is 0 Å². The largest absolute Gasteiger partial charge is 0.440 e. The predicted octanol–water partition coefficient (Wildman–Crippen LogP) is 1.55. The van der Waals surface area contributed by atoms with Crippen molar-refractivity contribution in [2.24, 2.45) is 17.8 Å². The first-order valence-electron chi connectivity index (χ1n) is 6.48. The zero-order valence-electron chi connectivity index (χ0n) is 10.8. The molecule has 4 unspecified atom stereocenters. The van der Waals surface area contributed by atoms with Crippen molar-refractivity contribution in [1.82, 2.24) is 0 Å². The topological polar surface area (TPSA) is 52.4 Å². The minimum atomic E-state index is -0.481. The van der Waals surface area contributed by atoms with Crippen LogP contribution in [0.5, 0.6) is 0 Å². The summed E-state index contributed by atoms with van der Waals surface area (Å²) in [6.07, 6.45) is 3.47. The van der Waals surface area contributed by atoms with Crippen molar-refractivity contribution in [3.05, 3.63) is 0 Å². The summed E-state index contributed by atoms with van der Waals surface area (Å²) in [5.74, 6) is 2.01. The summed E-state index contributed by atoms with van der Waals surface area (Å²) in [5.41, 5.74) is 0. The summed E-state index contributed by atoms with van der Waals surface area (Å²) in [5, 5.41) is 16.3. The van der Waals surface area contributed by atoms with Crippen molar-refractivity contribution < 1.29 is 14.9 Å². The lowest BCUT2D eigenvalue weighted by Gasteiger charge is -2.37. The van der Waals surface area contributed by atoms with Gasteiger partial charge in [-0.05, 0) is 30.6 Å². The maximum Gasteiger partial charge on any atom is 0.200 e. The Balaban J connectivity index is 2.44. The van der Waals surface area contributed by atoms with Crippen LogP contribution in [0, 0.1) is 17.8 Å². The highest BCUT2D eigenvalue weighted by atomic mass is 16.5. The Kier molecular flexibility index (Phi) is 5.73. The molecule has 1 aliphatic rings. The highest BCUT2D eigenvalue weighted by molar-refractivity contribution is 4.81. The molecule has 0 bridgehead atoms. The number of aliphatic hydroxyl groups is 1. The van der Waals surface area contributed by atoms with E-state index in [1.54, 1.807) is 0 Å². The molecule has 3 heteroatoms. The van der Waals surface area contributed by atoms with Gasteiger partial charge in [0.25, 0.3) is 0 Å². The fourth-order valence-electron chi connectivity index (χ4n) is 2.60. The van der Waals surface area contributed by atoms with Crippen molar-refractivity contribution in [3.63, 3.8) is 0 Å². The standard InChI is InChI=1S/C13H26O3/c1-9(2)12-5-4-10(3)6-13(12)16-8-11(15)7-14/h9-15H,4-8H2,1-3H3/p+1. The van der Waals surface area contributed by atoms with Crippen LogP contribution in [0.4, 0.5) is 0 Å². The number of hydrogen-bond acceptors (Lipinski definition) is 2. The highest BCUT2D eigenvalue weighted by Crippen LogP contribution is 2.35. The van der Waals surface area contributed by atoms with E-state index in [0.29, 0.717) is 24.5 Å². The zero-order chi connectivity index (χ0) is 12.1. The molecule has 0 spiro atoms. The second-order valence-corrected chi connectivity index (χ2v) is 5.58. The number of rotatable bonds is 5. The van der Waals surface area contributed by atoms with Crippen molar-refractivity contribution in [2.45, 2.75) is 52.2 Å². The van der Waals surface area contributed by atoms with Gasteiger partial charge in [-0.15, -0.1) is 0 Å². The van der Waals surface area contributed by atoms with Crippen LogP contribution in [0.25, 0.3) is 0 Å². The Morgan fingerprint density at radius 3 is 2.62 bits per heavy atom. The van der Waals surface area contributed by atoms with Crippen LogP contribution < -0.4 is 0 Å². The average Bonchev–Trinajstić information content (AvgIpc) is 2.25. The van der Waals surface area contributed by atoms with Gasteiger partial charge < -0.3 is 14.9 Å². The van der Waals surface area contributed by atoms with E-state index in [0.717, 1.165) is 12.3 Å². The van der Waals surface area contributed by atoms with E-state index < -0.39 is 6.10 Å². The summed E-state index contributed by atoms with van der Waals surface area (Å²) in [6, 6.07) is 0. The highest BCUT2D eigenvalue weighted by Gasteiger charge is 2.31. The van der Waals surface area contributed by atoms with Gasteiger partial charge in [0, 0.05) is 0 Å². The van der Waals surface area contributed by atoms with Crippen LogP contribution in [0.2, 0.25) is 0 Å². The van der Waals surface area contributed by atoms with Crippen LogP contribution in [-0.4, -0.2) is 35.6 Å². The summed E-state index contributed by atoms with van der Waals surface area (Å²) in [6.45, 7) is 7.05. The number of hydrogen-bond donors (Lipinski definition) is 1. The molecule has 1 rings (SSSR count). The van der Waals surface area contributed by atoms with Gasteiger partial charge in [0.15, 0.2) is 0 Å². The molecule has 0 saturated heterocycles. The molecule has 0 amide bonds.